The van der Waals surface area contributed by atoms with Gasteiger partial charge in [-0.25, -0.2) is 13.4 Å². The van der Waals surface area contributed by atoms with Crippen molar-refractivity contribution < 1.29 is 13.5 Å². The molecular weight excluding hydrogens is 278 g/mol. The van der Waals surface area contributed by atoms with E-state index in [-0.39, 0.29) is 23.5 Å². The topological polar surface area (TPSA) is 85.1 Å². The molecular formula is C13H15N3O3S. The quantitative estimate of drug-likeness (QED) is 0.867. The van der Waals surface area contributed by atoms with Gasteiger partial charge < -0.3 is 5.11 Å². The number of benzene rings is 1. The van der Waals surface area contributed by atoms with Gasteiger partial charge in [0.15, 0.2) is 9.84 Å². The van der Waals surface area contributed by atoms with E-state index in [9.17, 15) is 13.5 Å². The summed E-state index contributed by atoms with van der Waals surface area (Å²) in [5, 5.41) is 14.9. The first-order valence-corrected chi connectivity index (χ1v) is 7.95. The van der Waals surface area contributed by atoms with Crippen molar-refractivity contribution in [3.8, 4) is 0 Å². The van der Waals surface area contributed by atoms with Crippen LogP contribution in [-0.4, -0.2) is 34.0 Å². The molecule has 0 saturated carbocycles. The van der Waals surface area contributed by atoms with Crippen LogP contribution in [0.25, 0.3) is 0 Å². The SMILES string of the molecule is Cn1ncnc1CC1(O)CCS(=O)(=O)c2ccccc21. The molecule has 0 amide bonds. The number of aliphatic hydroxyl groups is 1. The second-order valence-corrected chi connectivity index (χ2v) is 7.15. The van der Waals surface area contributed by atoms with Gasteiger partial charge in [-0.15, -0.1) is 0 Å². The van der Waals surface area contributed by atoms with Crippen LogP contribution >= 0.6 is 0 Å². The third-order valence-corrected chi connectivity index (χ3v) is 5.53. The van der Waals surface area contributed by atoms with Crippen LogP contribution in [0.15, 0.2) is 35.5 Å². The maximum absolute atomic E-state index is 12.1. The molecule has 0 bridgehead atoms. The summed E-state index contributed by atoms with van der Waals surface area (Å²) in [7, 11) is -1.56. The molecule has 1 atom stereocenters. The van der Waals surface area contributed by atoms with Gasteiger partial charge in [0.1, 0.15) is 12.2 Å². The molecule has 6 nitrogen and oxygen atoms in total. The van der Waals surface area contributed by atoms with Crippen LogP contribution in [-0.2, 0) is 28.9 Å². The lowest BCUT2D eigenvalue weighted by atomic mass is 9.87. The van der Waals surface area contributed by atoms with E-state index in [4.69, 9.17) is 0 Å². The lowest BCUT2D eigenvalue weighted by molar-refractivity contribution is 0.0255. The lowest BCUT2D eigenvalue weighted by Gasteiger charge is -2.33. The Morgan fingerprint density at radius 2 is 2.15 bits per heavy atom. The van der Waals surface area contributed by atoms with Gasteiger partial charge >= 0.3 is 0 Å². The van der Waals surface area contributed by atoms with Crippen LogP contribution in [0.5, 0.6) is 0 Å². The van der Waals surface area contributed by atoms with E-state index in [1.54, 1.807) is 36.0 Å². The summed E-state index contributed by atoms with van der Waals surface area (Å²) in [6.07, 6.45) is 1.83. The zero-order valence-electron chi connectivity index (χ0n) is 11.0. The van der Waals surface area contributed by atoms with E-state index >= 15 is 0 Å². The van der Waals surface area contributed by atoms with Gasteiger partial charge in [-0.2, -0.15) is 5.10 Å². The first kappa shape index (κ1) is 13.3. The molecule has 0 saturated heterocycles. The highest BCUT2D eigenvalue weighted by atomic mass is 32.2. The van der Waals surface area contributed by atoms with E-state index in [0.29, 0.717) is 11.4 Å². The second-order valence-electron chi connectivity index (χ2n) is 5.07. The number of aryl methyl sites for hydroxylation is 1. The molecule has 1 aromatic heterocycles. The smallest absolute Gasteiger partial charge is 0.178 e. The average Bonchev–Trinajstić information content (AvgIpc) is 2.81. The van der Waals surface area contributed by atoms with Crippen LogP contribution in [0.3, 0.4) is 0 Å². The summed E-state index contributed by atoms with van der Waals surface area (Å²) in [6, 6.07) is 6.62. The molecule has 20 heavy (non-hydrogen) atoms. The molecule has 7 heteroatoms. The van der Waals surface area contributed by atoms with Crippen LogP contribution < -0.4 is 0 Å². The highest BCUT2D eigenvalue weighted by Crippen LogP contribution is 2.38. The molecule has 0 fully saturated rings. The average molecular weight is 293 g/mol. The third-order valence-electron chi connectivity index (χ3n) is 3.76. The Morgan fingerprint density at radius 1 is 1.40 bits per heavy atom. The molecule has 1 aliphatic rings. The molecule has 0 radical (unpaired) electrons. The zero-order valence-corrected chi connectivity index (χ0v) is 11.8. The summed E-state index contributed by atoms with van der Waals surface area (Å²) in [5.74, 6) is 0.569. The summed E-state index contributed by atoms with van der Waals surface area (Å²) >= 11 is 0. The van der Waals surface area contributed by atoms with Crippen molar-refractivity contribution in [2.75, 3.05) is 5.75 Å². The van der Waals surface area contributed by atoms with Gasteiger partial charge in [0.05, 0.1) is 16.2 Å². The Labute approximate surface area is 117 Å². The number of nitrogens with zero attached hydrogens (tertiary/aromatic N) is 3. The Bertz CT molecular complexity index is 754. The number of aromatic nitrogens is 3. The number of hydrogen-bond acceptors (Lipinski definition) is 5. The maximum atomic E-state index is 12.1. The molecule has 106 valence electrons. The Hall–Kier alpha value is -1.73. The number of sulfone groups is 1. The molecule has 2 aromatic rings. The van der Waals surface area contributed by atoms with Crippen LogP contribution in [0.4, 0.5) is 0 Å². The molecule has 3 rings (SSSR count). The lowest BCUT2D eigenvalue weighted by Crippen LogP contribution is -2.38. The summed E-state index contributed by atoms with van der Waals surface area (Å²) in [4.78, 5) is 4.33. The Morgan fingerprint density at radius 3 is 2.85 bits per heavy atom. The summed E-state index contributed by atoms with van der Waals surface area (Å²) in [6.45, 7) is 0. The van der Waals surface area contributed by atoms with E-state index in [1.807, 2.05) is 0 Å². The van der Waals surface area contributed by atoms with Crippen molar-refractivity contribution in [2.24, 2.45) is 7.05 Å². The van der Waals surface area contributed by atoms with Crippen molar-refractivity contribution in [1.82, 2.24) is 14.8 Å². The molecule has 1 N–H and O–H groups in total. The van der Waals surface area contributed by atoms with Gasteiger partial charge in [0.25, 0.3) is 0 Å². The largest absolute Gasteiger partial charge is 0.385 e. The molecule has 1 unspecified atom stereocenters. The molecule has 1 aromatic carbocycles. The van der Waals surface area contributed by atoms with Gasteiger partial charge in [-0.3, -0.25) is 4.68 Å². The fourth-order valence-corrected chi connectivity index (χ4v) is 4.30. The van der Waals surface area contributed by atoms with Gasteiger partial charge in [0, 0.05) is 19.0 Å². The summed E-state index contributed by atoms with van der Waals surface area (Å²) in [5.41, 5.74) is -0.767. The van der Waals surface area contributed by atoms with Gasteiger partial charge in [0.2, 0.25) is 0 Å². The van der Waals surface area contributed by atoms with Crippen molar-refractivity contribution in [3.63, 3.8) is 0 Å². The summed E-state index contributed by atoms with van der Waals surface area (Å²) < 4.78 is 25.8. The minimum Gasteiger partial charge on any atom is -0.385 e. The van der Waals surface area contributed by atoms with Crippen molar-refractivity contribution in [3.05, 3.63) is 42.0 Å². The first-order valence-electron chi connectivity index (χ1n) is 6.30. The minimum absolute atomic E-state index is 0.0572. The fourth-order valence-electron chi connectivity index (χ4n) is 2.60. The van der Waals surface area contributed by atoms with E-state index < -0.39 is 15.4 Å². The Kier molecular flexibility index (Phi) is 2.91. The number of hydrogen-bond donors (Lipinski definition) is 1. The van der Waals surface area contributed by atoms with E-state index in [1.165, 1.54) is 6.33 Å². The van der Waals surface area contributed by atoms with E-state index in [2.05, 4.69) is 10.1 Å². The molecule has 0 aliphatic carbocycles. The normalized spacial score (nSPS) is 24.3. The molecule has 0 spiro atoms. The number of fused-ring (bicyclic) bond motifs is 1. The van der Waals surface area contributed by atoms with Gasteiger partial charge in [-0.05, 0) is 12.5 Å². The van der Waals surface area contributed by atoms with Crippen LogP contribution in [0.2, 0.25) is 0 Å². The van der Waals surface area contributed by atoms with Crippen molar-refractivity contribution in [1.29, 1.82) is 0 Å². The first-order chi connectivity index (χ1) is 9.42. The predicted octanol–water partition coefficient (Wildman–Crippen LogP) is 0.423. The van der Waals surface area contributed by atoms with Gasteiger partial charge in [-0.1, -0.05) is 18.2 Å². The van der Waals surface area contributed by atoms with Crippen LogP contribution in [0, 0.1) is 0 Å². The van der Waals surface area contributed by atoms with Crippen molar-refractivity contribution in [2.45, 2.75) is 23.3 Å². The highest BCUT2D eigenvalue weighted by Gasteiger charge is 2.41. The number of rotatable bonds is 2. The second kappa shape index (κ2) is 4.39. The Balaban J connectivity index is 2.09. The highest BCUT2D eigenvalue weighted by molar-refractivity contribution is 7.91. The maximum Gasteiger partial charge on any atom is 0.178 e. The van der Waals surface area contributed by atoms with Crippen molar-refractivity contribution >= 4 is 9.84 Å². The molecule has 2 heterocycles. The predicted molar refractivity (Wildman–Crippen MR) is 71.7 cm³/mol. The minimum atomic E-state index is -3.30. The monoisotopic (exact) mass is 293 g/mol. The van der Waals surface area contributed by atoms with E-state index in [0.717, 1.165) is 0 Å². The zero-order chi connectivity index (χ0) is 14.4. The third kappa shape index (κ3) is 2.03. The van der Waals surface area contributed by atoms with Crippen LogP contribution in [0.1, 0.15) is 17.8 Å². The standard InChI is InChI=1S/C13H15N3O3S/c1-16-12(14-9-15-16)8-13(17)6-7-20(18,19)11-5-3-2-4-10(11)13/h2-5,9,17H,6-8H2,1H3. The molecule has 1 aliphatic heterocycles. The fraction of sp³-hybridized carbons (Fsp3) is 0.385.